The van der Waals surface area contributed by atoms with Gasteiger partial charge in [0.15, 0.2) is 28.8 Å². The van der Waals surface area contributed by atoms with E-state index in [4.69, 9.17) is 18.9 Å². The van der Waals surface area contributed by atoms with Crippen LogP contribution in [0.5, 0.6) is 23.0 Å². The lowest BCUT2D eigenvalue weighted by Gasteiger charge is -2.11. The number of ether oxygens (including phenoxy) is 4. The molecule has 2 aromatic carbocycles. The molecule has 37 heavy (non-hydrogen) atoms. The van der Waals surface area contributed by atoms with Crippen molar-refractivity contribution in [2.45, 2.75) is 32.6 Å². The van der Waals surface area contributed by atoms with Gasteiger partial charge in [-0.2, -0.15) is 9.50 Å². The molecule has 0 fully saturated rings. The van der Waals surface area contributed by atoms with E-state index in [1.807, 2.05) is 48.6 Å². The highest BCUT2D eigenvalue weighted by Crippen LogP contribution is 2.29. The molecule has 0 aliphatic rings. The van der Waals surface area contributed by atoms with Gasteiger partial charge in [0, 0.05) is 0 Å². The van der Waals surface area contributed by atoms with Crippen molar-refractivity contribution in [1.82, 2.24) is 14.6 Å². The fourth-order valence-electron chi connectivity index (χ4n) is 3.80. The molecule has 0 spiro atoms. The largest absolute Gasteiger partial charge is 0.493 e. The van der Waals surface area contributed by atoms with Crippen molar-refractivity contribution < 1.29 is 18.9 Å². The minimum atomic E-state index is -0.214. The summed E-state index contributed by atoms with van der Waals surface area (Å²) in [5, 5.41) is 4.36. The van der Waals surface area contributed by atoms with Gasteiger partial charge < -0.3 is 18.9 Å². The molecule has 0 bridgehead atoms. The van der Waals surface area contributed by atoms with E-state index in [0.717, 1.165) is 24.0 Å². The molecule has 0 saturated heterocycles. The predicted molar refractivity (Wildman–Crippen MR) is 147 cm³/mol. The van der Waals surface area contributed by atoms with Gasteiger partial charge in [-0.1, -0.05) is 55.7 Å². The zero-order valence-electron chi connectivity index (χ0n) is 21.5. The average Bonchev–Trinajstić information content (AvgIpc) is 3.45. The van der Waals surface area contributed by atoms with E-state index in [-0.39, 0.29) is 5.56 Å². The molecule has 0 N–H and O–H groups in total. The third kappa shape index (κ3) is 6.29. The first kappa shape index (κ1) is 26.2. The number of hydrogen-bond donors (Lipinski definition) is 0. The number of benzene rings is 2. The molecule has 0 aliphatic carbocycles. The first-order valence-electron chi connectivity index (χ1n) is 12.2. The molecule has 0 atom stereocenters. The summed E-state index contributed by atoms with van der Waals surface area (Å²) in [7, 11) is 4.80. The third-order valence-electron chi connectivity index (χ3n) is 5.77. The summed E-state index contributed by atoms with van der Waals surface area (Å²) < 4.78 is 23.9. The maximum absolute atomic E-state index is 13.0. The van der Waals surface area contributed by atoms with Gasteiger partial charge in [0.05, 0.1) is 32.5 Å². The summed E-state index contributed by atoms with van der Waals surface area (Å²) in [6, 6.07) is 11.3. The molecule has 0 amide bonds. The molecule has 2 heterocycles. The molecular weight excluding hydrogens is 490 g/mol. The topological polar surface area (TPSA) is 84.2 Å². The Hall–Kier alpha value is -3.85. The van der Waals surface area contributed by atoms with Crippen LogP contribution in [-0.2, 0) is 0 Å². The summed E-state index contributed by atoms with van der Waals surface area (Å²) in [5.41, 5.74) is 1.52. The summed E-state index contributed by atoms with van der Waals surface area (Å²) in [4.78, 5) is 18.0. The first-order valence-corrected chi connectivity index (χ1v) is 13.0. The van der Waals surface area contributed by atoms with Crippen LogP contribution in [0.15, 0.2) is 41.2 Å². The second kappa shape index (κ2) is 12.4. The lowest BCUT2D eigenvalue weighted by Crippen LogP contribution is -2.23. The third-order valence-corrected chi connectivity index (χ3v) is 6.73. The second-order valence-corrected chi connectivity index (χ2v) is 9.36. The highest BCUT2D eigenvalue weighted by Gasteiger charge is 2.11. The van der Waals surface area contributed by atoms with E-state index in [1.54, 1.807) is 27.4 Å². The minimum Gasteiger partial charge on any atom is -0.493 e. The van der Waals surface area contributed by atoms with Gasteiger partial charge >= 0.3 is 0 Å². The van der Waals surface area contributed by atoms with Crippen molar-refractivity contribution in [3.05, 3.63) is 68.2 Å². The minimum absolute atomic E-state index is 0.214. The normalized spacial score (nSPS) is 11.9. The van der Waals surface area contributed by atoms with Crippen LogP contribution >= 0.6 is 11.3 Å². The monoisotopic (exact) mass is 521 g/mol. The van der Waals surface area contributed by atoms with Gasteiger partial charge in [0.1, 0.15) is 0 Å². The van der Waals surface area contributed by atoms with Crippen molar-refractivity contribution in [3.63, 3.8) is 0 Å². The number of aromatic nitrogens is 3. The van der Waals surface area contributed by atoms with Crippen LogP contribution in [0.2, 0.25) is 0 Å². The zero-order chi connectivity index (χ0) is 26.2. The Morgan fingerprint density at radius 3 is 2.30 bits per heavy atom. The lowest BCUT2D eigenvalue weighted by molar-refractivity contribution is 0.285. The Morgan fingerprint density at radius 1 is 0.865 bits per heavy atom. The molecule has 9 heteroatoms. The van der Waals surface area contributed by atoms with Gasteiger partial charge in [0.25, 0.3) is 5.56 Å². The predicted octanol–water partition coefficient (Wildman–Crippen LogP) is 4.85. The number of unbranched alkanes of at least 4 members (excludes halogenated alkanes) is 3. The van der Waals surface area contributed by atoms with E-state index >= 15 is 0 Å². The maximum atomic E-state index is 13.0. The van der Waals surface area contributed by atoms with E-state index in [1.165, 1.54) is 28.7 Å². The number of nitrogens with zero attached hydrogens (tertiary/aromatic N) is 3. The van der Waals surface area contributed by atoms with Crippen LogP contribution in [0.1, 0.15) is 49.6 Å². The molecule has 0 unspecified atom stereocenters. The standard InChI is InChI=1S/C28H31N3O5S/c1-5-6-7-8-15-36-22-13-10-20(17-24(22)35-4)18-25-27(32)31-28(37-25)29-26(30-31)14-11-19-9-12-21(33-2)23(16-19)34-3/h9-14,16-18H,5-8,15H2,1-4H3/b14-11+,25-18-. The second-order valence-electron chi connectivity index (χ2n) is 8.35. The van der Waals surface area contributed by atoms with Gasteiger partial charge in [-0.3, -0.25) is 4.79 Å². The molecule has 0 radical (unpaired) electrons. The maximum Gasteiger partial charge on any atom is 0.291 e. The Balaban J connectivity index is 1.51. The van der Waals surface area contributed by atoms with Crippen molar-refractivity contribution >= 4 is 34.5 Å². The van der Waals surface area contributed by atoms with Crippen LogP contribution < -0.4 is 29.0 Å². The van der Waals surface area contributed by atoms with Crippen LogP contribution in [-0.4, -0.2) is 42.5 Å². The molecule has 8 nitrogen and oxygen atoms in total. The smallest absolute Gasteiger partial charge is 0.291 e. The van der Waals surface area contributed by atoms with Crippen molar-refractivity contribution in [1.29, 1.82) is 0 Å². The fourth-order valence-corrected chi connectivity index (χ4v) is 4.72. The van der Waals surface area contributed by atoms with Gasteiger partial charge in [0.2, 0.25) is 4.96 Å². The summed E-state index contributed by atoms with van der Waals surface area (Å²) in [5.74, 6) is 3.08. The van der Waals surface area contributed by atoms with Crippen LogP contribution in [0.4, 0.5) is 0 Å². The quantitative estimate of drug-likeness (QED) is 0.246. The summed E-state index contributed by atoms with van der Waals surface area (Å²) >= 11 is 1.29. The Kier molecular flexibility index (Phi) is 8.79. The van der Waals surface area contributed by atoms with E-state index in [9.17, 15) is 4.79 Å². The van der Waals surface area contributed by atoms with Gasteiger partial charge in [-0.25, -0.2) is 0 Å². The summed E-state index contributed by atoms with van der Waals surface area (Å²) in [6.45, 7) is 2.84. The van der Waals surface area contributed by atoms with Crippen molar-refractivity contribution in [3.8, 4) is 23.0 Å². The van der Waals surface area contributed by atoms with Crippen LogP contribution in [0, 0.1) is 0 Å². The van der Waals surface area contributed by atoms with Crippen LogP contribution in [0.25, 0.3) is 23.2 Å². The number of hydrogen-bond acceptors (Lipinski definition) is 8. The highest BCUT2D eigenvalue weighted by atomic mass is 32.1. The molecule has 2 aromatic heterocycles. The van der Waals surface area contributed by atoms with Gasteiger partial charge in [-0.15, -0.1) is 5.10 Å². The summed E-state index contributed by atoms with van der Waals surface area (Å²) in [6.07, 6.45) is 10.00. The SMILES string of the molecule is CCCCCCOc1ccc(/C=c2\sc3nc(/C=C/c4ccc(OC)c(OC)c4)nn3c2=O)cc1OC. The number of fused-ring (bicyclic) bond motifs is 1. The molecular formula is C28H31N3O5S. The lowest BCUT2D eigenvalue weighted by atomic mass is 10.2. The average molecular weight is 522 g/mol. The first-order chi connectivity index (χ1) is 18.1. The Bertz CT molecular complexity index is 1490. The molecule has 4 aromatic rings. The van der Waals surface area contributed by atoms with E-state index in [2.05, 4.69) is 17.0 Å². The van der Waals surface area contributed by atoms with E-state index < -0.39 is 0 Å². The van der Waals surface area contributed by atoms with E-state index in [0.29, 0.717) is 44.9 Å². The zero-order valence-corrected chi connectivity index (χ0v) is 22.3. The van der Waals surface area contributed by atoms with Crippen molar-refractivity contribution in [2.24, 2.45) is 0 Å². The number of thiazole rings is 1. The van der Waals surface area contributed by atoms with Crippen LogP contribution in [0.3, 0.4) is 0 Å². The van der Waals surface area contributed by atoms with Gasteiger partial charge in [-0.05, 0) is 54.0 Å². The molecule has 0 saturated carbocycles. The number of rotatable bonds is 12. The Morgan fingerprint density at radius 2 is 1.57 bits per heavy atom. The Labute approximate surface area is 219 Å². The number of methoxy groups -OCH3 is 3. The molecule has 4 rings (SSSR count). The fraction of sp³-hybridized carbons (Fsp3) is 0.321. The molecule has 0 aliphatic heterocycles. The highest BCUT2D eigenvalue weighted by molar-refractivity contribution is 7.15. The molecule has 194 valence electrons. The van der Waals surface area contributed by atoms with Crippen molar-refractivity contribution in [2.75, 3.05) is 27.9 Å².